The highest BCUT2D eigenvalue weighted by molar-refractivity contribution is 7.85. The first-order valence-electron chi connectivity index (χ1n) is 7.33. The van der Waals surface area contributed by atoms with Crippen molar-refractivity contribution in [3.63, 3.8) is 0 Å². The molecule has 3 unspecified atom stereocenters. The van der Waals surface area contributed by atoms with Crippen LogP contribution in [0.15, 0.2) is 60.7 Å². The fourth-order valence-corrected chi connectivity index (χ4v) is 3.94. The third-order valence-electron chi connectivity index (χ3n) is 3.55. The highest BCUT2D eigenvalue weighted by Gasteiger charge is 2.27. The van der Waals surface area contributed by atoms with Crippen LogP contribution in [0.1, 0.15) is 30.2 Å². The molecular weight excluding hydrogens is 278 g/mol. The molecule has 112 valence electrons. The molecule has 0 saturated heterocycles. The Labute approximate surface area is 129 Å². The molecule has 0 fully saturated rings. The van der Waals surface area contributed by atoms with Gasteiger partial charge in [0.1, 0.15) is 0 Å². The second-order valence-corrected chi connectivity index (χ2v) is 7.67. The van der Waals surface area contributed by atoms with Gasteiger partial charge < -0.3 is 5.73 Å². The van der Waals surface area contributed by atoms with Gasteiger partial charge in [0, 0.05) is 22.1 Å². The molecule has 21 heavy (non-hydrogen) atoms. The lowest BCUT2D eigenvalue weighted by Gasteiger charge is -2.25. The summed E-state index contributed by atoms with van der Waals surface area (Å²) in [6, 6.07) is 20.0. The van der Waals surface area contributed by atoms with Crippen LogP contribution in [0, 0.1) is 0 Å². The summed E-state index contributed by atoms with van der Waals surface area (Å²) in [6.45, 7) is 3.97. The standard InChI is InChI=1S/C18H23NOS/c1-14(2)21(20)18(16-11-7-4-8-12-16)17(19)13-15-9-5-3-6-10-15/h3-12,14,17-18H,13,19H2,1-2H3. The fraction of sp³-hybridized carbons (Fsp3) is 0.333. The van der Waals surface area contributed by atoms with Crippen LogP contribution < -0.4 is 5.73 Å². The minimum atomic E-state index is -0.989. The molecule has 0 aliphatic carbocycles. The Morgan fingerprint density at radius 3 is 2.00 bits per heavy atom. The van der Waals surface area contributed by atoms with Crippen molar-refractivity contribution in [2.75, 3.05) is 0 Å². The Kier molecular flexibility index (Phi) is 5.71. The van der Waals surface area contributed by atoms with Crippen LogP contribution >= 0.6 is 0 Å². The van der Waals surface area contributed by atoms with Crippen LogP contribution in [0.3, 0.4) is 0 Å². The highest BCUT2D eigenvalue weighted by Crippen LogP contribution is 2.27. The Morgan fingerprint density at radius 1 is 0.952 bits per heavy atom. The maximum absolute atomic E-state index is 12.7. The quantitative estimate of drug-likeness (QED) is 0.888. The topological polar surface area (TPSA) is 43.1 Å². The largest absolute Gasteiger partial charge is 0.326 e. The van der Waals surface area contributed by atoms with Gasteiger partial charge in [0.25, 0.3) is 0 Å². The molecule has 0 heterocycles. The van der Waals surface area contributed by atoms with Crippen molar-refractivity contribution < 1.29 is 4.21 Å². The minimum Gasteiger partial charge on any atom is -0.326 e. The molecule has 2 aromatic rings. The van der Waals surface area contributed by atoms with E-state index in [2.05, 4.69) is 12.1 Å². The van der Waals surface area contributed by atoms with E-state index < -0.39 is 10.8 Å². The third-order valence-corrected chi connectivity index (χ3v) is 5.60. The Hall–Kier alpha value is -1.45. The van der Waals surface area contributed by atoms with Gasteiger partial charge in [0.15, 0.2) is 0 Å². The Balaban J connectivity index is 2.25. The summed E-state index contributed by atoms with van der Waals surface area (Å²) in [6.07, 6.45) is 0.735. The van der Waals surface area contributed by atoms with Gasteiger partial charge in [-0.15, -0.1) is 0 Å². The number of nitrogens with two attached hydrogens (primary N) is 1. The molecule has 0 radical (unpaired) electrons. The molecular formula is C18H23NOS. The van der Waals surface area contributed by atoms with E-state index in [1.807, 2.05) is 62.4 Å². The van der Waals surface area contributed by atoms with Crippen molar-refractivity contribution in [1.29, 1.82) is 0 Å². The van der Waals surface area contributed by atoms with Crippen molar-refractivity contribution in [2.45, 2.75) is 36.8 Å². The summed E-state index contributed by atoms with van der Waals surface area (Å²) in [5.41, 5.74) is 8.68. The van der Waals surface area contributed by atoms with Gasteiger partial charge in [-0.3, -0.25) is 4.21 Å². The van der Waals surface area contributed by atoms with Crippen molar-refractivity contribution in [2.24, 2.45) is 5.73 Å². The number of hydrogen-bond donors (Lipinski definition) is 1. The molecule has 0 bridgehead atoms. The second kappa shape index (κ2) is 7.53. The van der Waals surface area contributed by atoms with Gasteiger partial charge >= 0.3 is 0 Å². The molecule has 3 heteroatoms. The molecule has 2 N–H and O–H groups in total. The van der Waals surface area contributed by atoms with E-state index in [-0.39, 0.29) is 16.5 Å². The van der Waals surface area contributed by atoms with Gasteiger partial charge in [-0.2, -0.15) is 0 Å². The maximum Gasteiger partial charge on any atom is 0.0753 e. The first-order valence-corrected chi connectivity index (χ1v) is 8.61. The highest BCUT2D eigenvalue weighted by atomic mass is 32.2. The van der Waals surface area contributed by atoms with E-state index in [9.17, 15) is 4.21 Å². The van der Waals surface area contributed by atoms with Crippen LogP contribution in [0.25, 0.3) is 0 Å². The number of benzene rings is 2. The first kappa shape index (κ1) is 15.9. The third kappa shape index (κ3) is 4.26. The first-order chi connectivity index (χ1) is 10.1. The van der Waals surface area contributed by atoms with Gasteiger partial charge in [0.05, 0.1) is 5.25 Å². The van der Waals surface area contributed by atoms with Crippen LogP contribution in [0.5, 0.6) is 0 Å². The lowest BCUT2D eigenvalue weighted by molar-refractivity contribution is 0.609. The van der Waals surface area contributed by atoms with E-state index >= 15 is 0 Å². The van der Waals surface area contributed by atoms with Gasteiger partial charge in [-0.25, -0.2) is 0 Å². The van der Waals surface area contributed by atoms with E-state index in [0.717, 1.165) is 12.0 Å². The summed E-state index contributed by atoms with van der Waals surface area (Å²) in [4.78, 5) is 0. The van der Waals surface area contributed by atoms with Gasteiger partial charge in [0.2, 0.25) is 0 Å². The van der Waals surface area contributed by atoms with Crippen LogP contribution in [0.4, 0.5) is 0 Å². The van der Waals surface area contributed by atoms with Crippen molar-refractivity contribution in [3.05, 3.63) is 71.8 Å². The number of rotatable bonds is 6. The average Bonchev–Trinajstić information content (AvgIpc) is 2.49. The molecule has 0 aromatic heterocycles. The van der Waals surface area contributed by atoms with Gasteiger partial charge in [-0.05, 0) is 17.5 Å². The molecule has 0 spiro atoms. The summed E-state index contributed by atoms with van der Waals surface area (Å²) in [5, 5.41) is -0.0385. The SMILES string of the molecule is CC(C)S(=O)C(c1ccccc1)C(N)Cc1ccccc1. The van der Waals surface area contributed by atoms with Crippen LogP contribution in [-0.2, 0) is 17.2 Å². The van der Waals surface area contributed by atoms with E-state index in [1.54, 1.807) is 0 Å². The molecule has 0 aliphatic rings. The smallest absolute Gasteiger partial charge is 0.0753 e. The Bertz CT molecular complexity index is 568. The summed E-state index contributed by atoms with van der Waals surface area (Å²) in [5.74, 6) is 0. The molecule has 0 saturated carbocycles. The van der Waals surface area contributed by atoms with Crippen LogP contribution in [-0.4, -0.2) is 15.5 Å². The second-order valence-electron chi connectivity index (χ2n) is 5.56. The summed E-state index contributed by atoms with van der Waals surface area (Å²) in [7, 11) is -0.989. The molecule has 0 aliphatic heterocycles. The molecule has 2 aromatic carbocycles. The van der Waals surface area contributed by atoms with E-state index in [4.69, 9.17) is 5.73 Å². The van der Waals surface area contributed by atoms with Crippen molar-refractivity contribution in [3.8, 4) is 0 Å². The van der Waals surface area contributed by atoms with Gasteiger partial charge in [-0.1, -0.05) is 74.5 Å². The molecule has 2 nitrogen and oxygen atoms in total. The summed E-state index contributed by atoms with van der Waals surface area (Å²) >= 11 is 0. The zero-order valence-corrected chi connectivity index (χ0v) is 13.4. The predicted octanol–water partition coefficient (Wildman–Crippen LogP) is 3.45. The lowest BCUT2D eigenvalue weighted by Crippen LogP contribution is -2.35. The summed E-state index contributed by atoms with van der Waals surface area (Å²) < 4.78 is 12.7. The van der Waals surface area contributed by atoms with Crippen LogP contribution in [0.2, 0.25) is 0 Å². The zero-order valence-electron chi connectivity index (χ0n) is 12.6. The van der Waals surface area contributed by atoms with Crippen molar-refractivity contribution in [1.82, 2.24) is 0 Å². The van der Waals surface area contributed by atoms with E-state index in [1.165, 1.54) is 5.56 Å². The predicted molar refractivity (Wildman–Crippen MR) is 90.6 cm³/mol. The minimum absolute atomic E-state index is 0.0945. The zero-order chi connectivity index (χ0) is 15.2. The lowest BCUT2D eigenvalue weighted by atomic mass is 9.99. The Morgan fingerprint density at radius 2 is 1.48 bits per heavy atom. The maximum atomic E-state index is 12.7. The molecule has 0 amide bonds. The average molecular weight is 301 g/mol. The van der Waals surface area contributed by atoms with E-state index in [0.29, 0.717) is 0 Å². The number of hydrogen-bond acceptors (Lipinski definition) is 2. The monoisotopic (exact) mass is 301 g/mol. The normalized spacial score (nSPS) is 15.6. The fourth-order valence-electron chi connectivity index (χ4n) is 2.48. The molecule has 3 atom stereocenters. The van der Waals surface area contributed by atoms with Crippen molar-refractivity contribution >= 4 is 10.8 Å². The molecule has 2 rings (SSSR count).